The highest BCUT2D eigenvalue weighted by molar-refractivity contribution is 5.82. The number of carbonyl (C=O) groups excluding carboxylic acids is 1. The minimum atomic E-state index is -0.118. The third kappa shape index (κ3) is 6.06. The maximum atomic E-state index is 13.1. The average Bonchev–Trinajstić information content (AvgIpc) is 3.38. The van der Waals surface area contributed by atoms with E-state index in [1.54, 1.807) is 20.4 Å². The zero-order valence-electron chi connectivity index (χ0n) is 22.4. The number of ether oxygens (including phenoxy) is 2. The van der Waals surface area contributed by atoms with E-state index in [0.29, 0.717) is 19.0 Å². The van der Waals surface area contributed by atoms with E-state index in [0.717, 1.165) is 78.5 Å². The summed E-state index contributed by atoms with van der Waals surface area (Å²) in [4.78, 5) is 26.8. The lowest BCUT2D eigenvalue weighted by Crippen LogP contribution is -2.43. The molecule has 9 nitrogen and oxygen atoms in total. The van der Waals surface area contributed by atoms with Crippen LogP contribution in [0.3, 0.4) is 0 Å². The molecule has 1 fully saturated rings. The Labute approximate surface area is 224 Å². The molecule has 1 saturated heterocycles. The fourth-order valence-electron chi connectivity index (χ4n) is 5.31. The molecule has 6 bridgehead atoms. The van der Waals surface area contributed by atoms with E-state index in [2.05, 4.69) is 44.6 Å². The maximum Gasteiger partial charge on any atom is 0.237 e. The van der Waals surface area contributed by atoms with Gasteiger partial charge in [0.25, 0.3) is 0 Å². The fourth-order valence-corrected chi connectivity index (χ4v) is 5.31. The molecule has 0 saturated carbocycles. The van der Waals surface area contributed by atoms with Gasteiger partial charge in [0.2, 0.25) is 11.9 Å². The Hall–Kier alpha value is -3.69. The van der Waals surface area contributed by atoms with Gasteiger partial charge in [0.05, 0.1) is 26.0 Å². The molecular weight excluding hydrogens is 480 g/mol. The zero-order valence-corrected chi connectivity index (χ0v) is 22.4. The average molecular weight is 517 g/mol. The number of nitrogens with zero attached hydrogens (tertiary/aromatic N) is 4. The minimum Gasteiger partial charge on any atom is -0.497 e. The molecule has 200 valence electrons. The van der Waals surface area contributed by atoms with Crippen molar-refractivity contribution in [2.45, 2.75) is 38.4 Å². The number of methoxy groups -OCH3 is 2. The van der Waals surface area contributed by atoms with E-state index >= 15 is 0 Å². The molecule has 0 aliphatic carbocycles. The summed E-state index contributed by atoms with van der Waals surface area (Å²) in [5.41, 5.74) is 4.81. The molecule has 0 spiro atoms. The van der Waals surface area contributed by atoms with Crippen molar-refractivity contribution in [1.29, 1.82) is 0 Å². The van der Waals surface area contributed by atoms with Gasteiger partial charge in [0, 0.05) is 48.7 Å². The van der Waals surface area contributed by atoms with Gasteiger partial charge < -0.3 is 25.0 Å². The van der Waals surface area contributed by atoms with Crippen LogP contribution in [0.5, 0.6) is 11.5 Å². The number of anilines is 2. The lowest BCUT2D eigenvalue weighted by atomic mass is 10.1. The molecule has 9 heteroatoms. The van der Waals surface area contributed by atoms with Crippen LogP contribution in [0.25, 0.3) is 11.3 Å². The Bertz CT molecular complexity index is 1280. The summed E-state index contributed by atoms with van der Waals surface area (Å²) < 4.78 is 11.2. The van der Waals surface area contributed by atoms with Crippen molar-refractivity contribution in [3.05, 3.63) is 59.8 Å². The first-order valence-corrected chi connectivity index (χ1v) is 13.2. The van der Waals surface area contributed by atoms with Gasteiger partial charge in [-0.15, -0.1) is 0 Å². The summed E-state index contributed by atoms with van der Waals surface area (Å²) in [5.74, 6) is 2.20. The number of hydrogen-bond donors (Lipinski definition) is 2. The fraction of sp³-hybridized carbons (Fsp3) is 0.414. The SMILES string of the molecule is COc1cc2cc(c1)Nc1nccc(n1)-c1ccc(OC)c(c1)CN(C)CCCNC(=O)[C@@H]1CCCN1C2. The van der Waals surface area contributed by atoms with Gasteiger partial charge in [-0.2, -0.15) is 0 Å². The van der Waals surface area contributed by atoms with Crippen LogP contribution >= 0.6 is 0 Å². The van der Waals surface area contributed by atoms with Crippen LogP contribution < -0.4 is 20.1 Å². The molecular formula is C29H36N6O3. The normalized spacial score (nSPS) is 19.1. The number of benzene rings is 2. The van der Waals surface area contributed by atoms with Crippen molar-refractivity contribution in [2.24, 2.45) is 0 Å². The van der Waals surface area contributed by atoms with E-state index in [-0.39, 0.29) is 11.9 Å². The molecule has 1 amide bonds. The number of amides is 1. The highest BCUT2D eigenvalue weighted by Crippen LogP contribution is 2.29. The first kappa shape index (κ1) is 25.9. The van der Waals surface area contributed by atoms with Gasteiger partial charge in [0.1, 0.15) is 11.5 Å². The lowest BCUT2D eigenvalue weighted by Gasteiger charge is -2.25. The summed E-state index contributed by atoms with van der Waals surface area (Å²) >= 11 is 0. The van der Waals surface area contributed by atoms with Crippen LogP contribution in [0.2, 0.25) is 0 Å². The van der Waals surface area contributed by atoms with Crippen LogP contribution in [-0.2, 0) is 17.9 Å². The van der Waals surface area contributed by atoms with Crippen LogP contribution in [0.1, 0.15) is 30.4 Å². The van der Waals surface area contributed by atoms with Gasteiger partial charge in [-0.25, -0.2) is 9.97 Å². The summed E-state index contributed by atoms with van der Waals surface area (Å²) in [5, 5.41) is 6.53. The molecule has 0 unspecified atom stereocenters. The molecule has 0 radical (unpaired) electrons. The molecule has 3 heterocycles. The Morgan fingerprint density at radius 1 is 1.00 bits per heavy atom. The summed E-state index contributed by atoms with van der Waals surface area (Å²) in [6, 6.07) is 14.0. The highest BCUT2D eigenvalue weighted by Gasteiger charge is 2.30. The lowest BCUT2D eigenvalue weighted by molar-refractivity contribution is -0.125. The summed E-state index contributed by atoms with van der Waals surface area (Å²) in [7, 11) is 5.45. The largest absolute Gasteiger partial charge is 0.497 e. The standard InChI is InChI=1S/C29H36N6O3/c1-34-12-5-10-30-28(36)26-6-4-13-35(26)18-20-14-23(17-24(15-20)37-2)32-29-31-11-9-25(33-29)21-7-8-27(38-3)22(16-21)19-34/h7-9,11,14-17,26H,4-6,10,12-13,18-19H2,1-3H3,(H,30,36)(H,31,32,33)/t26-/m0/s1. The first-order valence-electron chi connectivity index (χ1n) is 13.2. The molecule has 2 aromatic carbocycles. The van der Waals surface area contributed by atoms with Crippen LogP contribution in [-0.4, -0.2) is 72.6 Å². The maximum absolute atomic E-state index is 13.1. The molecule has 5 rings (SSSR count). The van der Waals surface area contributed by atoms with Gasteiger partial charge in [-0.05, 0) is 81.4 Å². The Morgan fingerprint density at radius 3 is 2.74 bits per heavy atom. The molecule has 1 atom stereocenters. The second-order valence-electron chi connectivity index (χ2n) is 10.00. The van der Waals surface area contributed by atoms with Crippen LogP contribution in [0.4, 0.5) is 11.6 Å². The predicted octanol–water partition coefficient (Wildman–Crippen LogP) is 3.82. The molecule has 2 aliphatic rings. The number of rotatable bonds is 2. The Balaban J connectivity index is 1.50. The van der Waals surface area contributed by atoms with Crippen LogP contribution in [0.15, 0.2) is 48.7 Å². The van der Waals surface area contributed by atoms with Crippen molar-refractivity contribution in [1.82, 2.24) is 25.1 Å². The number of nitrogens with one attached hydrogen (secondary N) is 2. The number of aromatic nitrogens is 2. The molecule has 2 aliphatic heterocycles. The zero-order chi connectivity index (χ0) is 26.5. The van der Waals surface area contributed by atoms with Crippen molar-refractivity contribution in [2.75, 3.05) is 46.2 Å². The van der Waals surface area contributed by atoms with E-state index in [4.69, 9.17) is 14.5 Å². The number of hydrogen-bond acceptors (Lipinski definition) is 8. The van der Waals surface area contributed by atoms with Crippen molar-refractivity contribution in [3.8, 4) is 22.8 Å². The monoisotopic (exact) mass is 516 g/mol. The minimum absolute atomic E-state index is 0.111. The second kappa shape index (κ2) is 11.8. The summed E-state index contributed by atoms with van der Waals surface area (Å²) in [6.07, 6.45) is 4.52. The van der Waals surface area contributed by atoms with Gasteiger partial charge in [0.15, 0.2) is 0 Å². The molecule has 1 aromatic heterocycles. The van der Waals surface area contributed by atoms with Crippen LogP contribution in [0, 0.1) is 0 Å². The number of carbonyl (C=O) groups is 1. The molecule has 3 aromatic rings. The van der Waals surface area contributed by atoms with Gasteiger partial charge >= 0.3 is 0 Å². The molecule has 2 N–H and O–H groups in total. The third-order valence-corrected chi connectivity index (χ3v) is 7.20. The smallest absolute Gasteiger partial charge is 0.237 e. The quantitative estimate of drug-likeness (QED) is 0.531. The first-order chi connectivity index (χ1) is 18.5. The number of fused-ring (bicyclic) bond motifs is 8. The van der Waals surface area contributed by atoms with E-state index in [1.165, 1.54) is 0 Å². The summed E-state index contributed by atoms with van der Waals surface area (Å²) in [6.45, 7) is 3.80. The second-order valence-corrected chi connectivity index (χ2v) is 10.00. The topological polar surface area (TPSA) is 91.8 Å². The third-order valence-electron chi connectivity index (χ3n) is 7.20. The van der Waals surface area contributed by atoms with E-state index in [1.807, 2.05) is 30.3 Å². The van der Waals surface area contributed by atoms with E-state index in [9.17, 15) is 4.79 Å². The van der Waals surface area contributed by atoms with Gasteiger partial charge in [-0.3, -0.25) is 9.69 Å². The molecule has 38 heavy (non-hydrogen) atoms. The van der Waals surface area contributed by atoms with Crippen molar-refractivity contribution in [3.63, 3.8) is 0 Å². The van der Waals surface area contributed by atoms with Gasteiger partial charge in [-0.1, -0.05) is 0 Å². The van der Waals surface area contributed by atoms with Crippen molar-refractivity contribution < 1.29 is 14.3 Å². The Kier molecular flexibility index (Phi) is 8.05. The highest BCUT2D eigenvalue weighted by atomic mass is 16.5. The Morgan fingerprint density at radius 2 is 1.89 bits per heavy atom. The van der Waals surface area contributed by atoms with Crippen molar-refractivity contribution >= 4 is 17.5 Å². The van der Waals surface area contributed by atoms with E-state index < -0.39 is 0 Å². The predicted molar refractivity (Wildman–Crippen MR) is 148 cm³/mol.